The Labute approximate surface area is 186 Å². The largest absolute Gasteiger partial charge is 0.454 e. The van der Waals surface area contributed by atoms with Gasteiger partial charge in [0.25, 0.3) is 0 Å². The summed E-state index contributed by atoms with van der Waals surface area (Å²) in [6.07, 6.45) is 3.88. The van der Waals surface area contributed by atoms with Crippen molar-refractivity contribution in [1.29, 1.82) is 0 Å². The Morgan fingerprint density at radius 1 is 1.12 bits per heavy atom. The summed E-state index contributed by atoms with van der Waals surface area (Å²) in [7, 11) is -3.69. The highest BCUT2D eigenvalue weighted by Gasteiger charge is 2.28. The zero-order valence-electron chi connectivity index (χ0n) is 17.3. The number of piperidine rings is 1. The van der Waals surface area contributed by atoms with Crippen LogP contribution >= 0.6 is 0 Å². The molecule has 0 bridgehead atoms. The first-order chi connectivity index (χ1) is 15.4. The highest BCUT2D eigenvalue weighted by Crippen LogP contribution is 2.34. The van der Waals surface area contributed by atoms with Crippen LogP contribution in [-0.2, 0) is 19.6 Å². The van der Waals surface area contributed by atoms with Crippen LogP contribution < -0.4 is 19.5 Å². The number of carbonyl (C=O) groups is 2. The van der Waals surface area contributed by atoms with Crippen molar-refractivity contribution in [3.8, 4) is 11.5 Å². The van der Waals surface area contributed by atoms with Gasteiger partial charge in [-0.3, -0.25) is 14.6 Å². The molecular formula is C21H24N4O6S. The molecule has 1 fully saturated rings. The third kappa shape index (κ3) is 5.17. The SMILES string of the molecule is O=C(Nc1ccc2c(c1)OCO2)C1CCN(C(=O)CCNS(=O)(=O)c2cccnc2)CC1. The first-order valence-corrected chi connectivity index (χ1v) is 11.8. The molecule has 0 spiro atoms. The molecule has 0 unspecified atom stereocenters. The first kappa shape index (κ1) is 22.0. The Kier molecular flexibility index (Phi) is 6.56. The molecule has 1 aromatic heterocycles. The summed E-state index contributed by atoms with van der Waals surface area (Å²) in [6, 6.07) is 8.22. The predicted molar refractivity (Wildman–Crippen MR) is 115 cm³/mol. The van der Waals surface area contributed by atoms with Gasteiger partial charge in [-0.25, -0.2) is 13.1 Å². The molecule has 0 aliphatic carbocycles. The summed E-state index contributed by atoms with van der Waals surface area (Å²) in [5, 5.41) is 2.89. The zero-order chi connectivity index (χ0) is 22.6. The van der Waals surface area contributed by atoms with Gasteiger partial charge in [-0.15, -0.1) is 0 Å². The molecule has 11 heteroatoms. The number of pyridine rings is 1. The average molecular weight is 461 g/mol. The number of rotatable bonds is 7. The van der Waals surface area contributed by atoms with Gasteiger partial charge in [0.1, 0.15) is 4.90 Å². The van der Waals surface area contributed by atoms with Crippen LogP contribution in [0.4, 0.5) is 5.69 Å². The standard InChI is InChI=1S/C21H24N4O6S/c26-20(5-9-23-32(28,29)17-2-1-8-22-13-17)25-10-6-15(7-11-25)21(27)24-16-3-4-18-19(12-16)31-14-30-18/h1-4,8,12-13,15,23H,5-7,9-11,14H2,(H,24,27). The predicted octanol–water partition coefficient (Wildman–Crippen LogP) is 1.36. The number of benzene rings is 1. The molecule has 2 aliphatic heterocycles. The lowest BCUT2D eigenvalue weighted by molar-refractivity contribution is -0.134. The van der Waals surface area contributed by atoms with E-state index in [9.17, 15) is 18.0 Å². The molecule has 2 N–H and O–H groups in total. The van der Waals surface area contributed by atoms with Crippen molar-refractivity contribution < 1.29 is 27.5 Å². The number of likely N-dealkylation sites (tertiary alicyclic amines) is 1. The smallest absolute Gasteiger partial charge is 0.242 e. The fourth-order valence-electron chi connectivity index (χ4n) is 3.65. The molecule has 0 saturated carbocycles. The molecule has 4 rings (SSSR count). The number of amides is 2. The quantitative estimate of drug-likeness (QED) is 0.639. The van der Waals surface area contributed by atoms with Gasteiger partial charge in [0, 0.05) is 56.1 Å². The van der Waals surface area contributed by atoms with Gasteiger partial charge in [-0.2, -0.15) is 0 Å². The van der Waals surface area contributed by atoms with Gasteiger partial charge in [-0.1, -0.05) is 0 Å². The average Bonchev–Trinajstić information content (AvgIpc) is 3.27. The van der Waals surface area contributed by atoms with Crippen LogP contribution in [0.15, 0.2) is 47.6 Å². The minimum absolute atomic E-state index is 0.000585. The molecule has 32 heavy (non-hydrogen) atoms. The Bertz CT molecular complexity index is 1080. The zero-order valence-corrected chi connectivity index (χ0v) is 18.1. The van der Waals surface area contributed by atoms with E-state index in [0.717, 1.165) is 0 Å². The number of carbonyl (C=O) groups excluding carboxylic acids is 2. The van der Waals surface area contributed by atoms with Crippen molar-refractivity contribution in [1.82, 2.24) is 14.6 Å². The third-order valence-electron chi connectivity index (χ3n) is 5.43. The van der Waals surface area contributed by atoms with E-state index >= 15 is 0 Å². The van der Waals surface area contributed by atoms with Gasteiger partial charge in [0.05, 0.1) is 0 Å². The first-order valence-electron chi connectivity index (χ1n) is 10.3. The van der Waals surface area contributed by atoms with Gasteiger partial charge in [-0.05, 0) is 37.1 Å². The van der Waals surface area contributed by atoms with Gasteiger partial charge >= 0.3 is 0 Å². The monoisotopic (exact) mass is 460 g/mol. The van der Waals surface area contributed by atoms with Crippen molar-refractivity contribution in [3.05, 3.63) is 42.7 Å². The Morgan fingerprint density at radius 2 is 1.91 bits per heavy atom. The summed E-state index contributed by atoms with van der Waals surface area (Å²) < 4.78 is 37.4. The minimum Gasteiger partial charge on any atom is -0.454 e. The lowest BCUT2D eigenvalue weighted by Crippen LogP contribution is -2.42. The second kappa shape index (κ2) is 9.53. The molecule has 10 nitrogen and oxygen atoms in total. The molecule has 0 radical (unpaired) electrons. The number of aromatic nitrogens is 1. The third-order valence-corrected chi connectivity index (χ3v) is 6.88. The summed E-state index contributed by atoms with van der Waals surface area (Å²) in [4.78, 5) is 30.6. The molecule has 3 heterocycles. The van der Waals surface area contributed by atoms with Crippen LogP contribution in [0.2, 0.25) is 0 Å². The van der Waals surface area contributed by atoms with E-state index in [0.29, 0.717) is 43.1 Å². The topological polar surface area (TPSA) is 127 Å². The number of nitrogens with zero attached hydrogens (tertiary/aromatic N) is 2. The molecule has 2 aliphatic rings. The van der Waals surface area contributed by atoms with Crippen molar-refractivity contribution in [2.24, 2.45) is 5.92 Å². The van der Waals surface area contributed by atoms with E-state index in [4.69, 9.17) is 9.47 Å². The maximum absolute atomic E-state index is 12.6. The van der Waals surface area contributed by atoms with Crippen molar-refractivity contribution in [2.75, 3.05) is 31.7 Å². The summed E-state index contributed by atoms with van der Waals surface area (Å²) in [5.74, 6) is 0.808. The summed E-state index contributed by atoms with van der Waals surface area (Å²) in [5.41, 5.74) is 0.638. The van der Waals surface area contributed by atoms with Gasteiger partial charge < -0.3 is 19.7 Å². The Morgan fingerprint density at radius 3 is 2.66 bits per heavy atom. The van der Waals surface area contributed by atoms with Crippen LogP contribution in [-0.4, -0.2) is 56.5 Å². The fraction of sp³-hybridized carbons (Fsp3) is 0.381. The maximum Gasteiger partial charge on any atom is 0.242 e. The molecule has 2 amide bonds. The molecule has 1 aromatic carbocycles. The molecule has 0 atom stereocenters. The number of nitrogens with one attached hydrogen (secondary N) is 2. The lowest BCUT2D eigenvalue weighted by atomic mass is 9.95. The fourth-order valence-corrected chi connectivity index (χ4v) is 4.64. The van der Waals surface area contributed by atoms with E-state index in [1.807, 2.05) is 0 Å². The number of hydrogen-bond acceptors (Lipinski definition) is 7. The second-order valence-corrected chi connectivity index (χ2v) is 9.32. The van der Waals surface area contributed by atoms with E-state index < -0.39 is 10.0 Å². The Balaban J connectivity index is 1.21. The van der Waals surface area contributed by atoms with Crippen molar-refractivity contribution >= 4 is 27.5 Å². The van der Waals surface area contributed by atoms with Crippen LogP contribution in [0, 0.1) is 5.92 Å². The number of ether oxygens (including phenoxy) is 2. The van der Waals surface area contributed by atoms with Crippen molar-refractivity contribution in [2.45, 2.75) is 24.2 Å². The van der Waals surface area contributed by atoms with Crippen LogP contribution in [0.3, 0.4) is 0 Å². The Hall–Kier alpha value is -3.18. The molecule has 1 saturated heterocycles. The van der Waals surface area contributed by atoms with E-state index in [1.54, 1.807) is 23.1 Å². The van der Waals surface area contributed by atoms with Crippen LogP contribution in [0.25, 0.3) is 0 Å². The number of sulfonamides is 1. The highest BCUT2D eigenvalue weighted by atomic mass is 32.2. The van der Waals surface area contributed by atoms with E-state index in [-0.39, 0.29) is 42.4 Å². The second-order valence-electron chi connectivity index (χ2n) is 7.55. The van der Waals surface area contributed by atoms with Gasteiger partial charge in [0.15, 0.2) is 11.5 Å². The minimum atomic E-state index is -3.69. The van der Waals surface area contributed by atoms with Crippen LogP contribution in [0.1, 0.15) is 19.3 Å². The van der Waals surface area contributed by atoms with Crippen LogP contribution in [0.5, 0.6) is 11.5 Å². The van der Waals surface area contributed by atoms with Crippen molar-refractivity contribution in [3.63, 3.8) is 0 Å². The number of fused-ring (bicyclic) bond motifs is 1. The maximum atomic E-state index is 12.6. The van der Waals surface area contributed by atoms with E-state index in [2.05, 4.69) is 15.0 Å². The molecule has 170 valence electrons. The summed E-state index contributed by atoms with van der Waals surface area (Å²) in [6.45, 7) is 1.07. The normalized spacial score (nSPS) is 16.1. The summed E-state index contributed by atoms with van der Waals surface area (Å²) >= 11 is 0. The number of anilines is 1. The molecule has 2 aromatic rings. The highest BCUT2D eigenvalue weighted by molar-refractivity contribution is 7.89. The molecular weight excluding hydrogens is 436 g/mol. The van der Waals surface area contributed by atoms with E-state index in [1.165, 1.54) is 24.5 Å². The number of hydrogen-bond donors (Lipinski definition) is 2. The lowest BCUT2D eigenvalue weighted by Gasteiger charge is -2.31. The van der Waals surface area contributed by atoms with Gasteiger partial charge in [0.2, 0.25) is 28.6 Å².